The highest BCUT2D eigenvalue weighted by molar-refractivity contribution is 5.81. The van der Waals surface area contributed by atoms with Gasteiger partial charge in [0.05, 0.1) is 6.04 Å². The van der Waals surface area contributed by atoms with Crippen molar-refractivity contribution in [1.82, 2.24) is 5.32 Å². The lowest BCUT2D eigenvalue weighted by molar-refractivity contribution is -0.128. The van der Waals surface area contributed by atoms with E-state index < -0.39 is 6.10 Å². The Morgan fingerprint density at radius 3 is 2.65 bits per heavy atom. The largest absolute Gasteiger partial charge is 0.487 e. The van der Waals surface area contributed by atoms with Gasteiger partial charge < -0.3 is 14.8 Å². The van der Waals surface area contributed by atoms with E-state index in [1.54, 1.807) is 6.92 Å². The molecule has 0 bridgehead atoms. The molecule has 3 rings (SSSR count). The van der Waals surface area contributed by atoms with E-state index in [0.717, 1.165) is 22.4 Å². The number of nitrogens with one attached hydrogen (secondary N) is 1. The molecule has 0 saturated carbocycles. The van der Waals surface area contributed by atoms with Crippen molar-refractivity contribution in [3.05, 3.63) is 59.2 Å². The van der Waals surface area contributed by atoms with Gasteiger partial charge >= 0.3 is 0 Å². The fourth-order valence-electron chi connectivity index (χ4n) is 3.32. The van der Waals surface area contributed by atoms with Crippen LogP contribution in [0.4, 0.5) is 0 Å². The Hall–Kier alpha value is -2.49. The van der Waals surface area contributed by atoms with Crippen LogP contribution in [0.25, 0.3) is 0 Å². The number of fused-ring (bicyclic) bond motifs is 1. The molecule has 1 N–H and O–H groups in total. The highest BCUT2D eigenvalue weighted by atomic mass is 16.5. The second kappa shape index (κ2) is 7.02. The zero-order chi connectivity index (χ0) is 18.9. The van der Waals surface area contributed by atoms with Gasteiger partial charge in [-0.2, -0.15) is 0 Å². The van der Waals surface area contributed by atoms with Gasteiger partial charge in [-0.25, -0.2) is 0 Å². The molecule has 0 radical (unpaired) electrons. The summed E-state index contributed by atoms with van der Waals surface area (Å²) >= 11 is 0. The van der Waals surface area contributed by atoms with Gasteiger partial charge in [0, 0.05) is 12.0 Å². The summed E-state index contributed by atoms with van der Waals surface area (Å²) in [7, 11) is 0. The van der Waals surface area contributed by atoms with E-state index >= 15 is 0 Å². The smallest absolute Gasteiger partial charge is 0.261 e. The molecule has 0 aliphatic carbocycles. The van der Waals surface area contributed by atoms with Crippen molar-refractivity contribution in [1.29, 1.82) is 0 Å². The van der Waals surface area contributed by atoms with Crippen LogP contribution in [-0.4, -0.2) is 17.6 Å². The fraction of sp³-hybridized carbons (Fsp3) is 0.409. The average molecular weight is 353 g/mol. The van der Waals surface area contributed by atoms with Crippen molar-refractivity contribution in [3.8, 4) is 11.5 Å². The molecule has 2 aromatic carbocycles. The zero-order valence-corrected chi connectivity index (χ0v) is 16.1. The maximum Gasteiger partial charge on any atom is 0.261 e. The number of aryl methyl sites for hydroxylation is 2. The molecule has 1 aliphatic rings. The van der Waals surface area contributed by atoms with E-state index in [9.17, 15) is 4.79 Å². The minimum absolute atomic E-state index is 0.0922. The predicted octanol–water partition coefficient (Wildman–Crippen LogP) is 4.49. The molecule has 0 saturated heterocycles. The summed E-state index contributed by atoms with van der Waals surface area (Å²) in [5.41, 5.74) is 2.93. The topological polar surface area (TPSA) is 47.6 Å². The van der Waals surface area contributed by atoms with E-state index in [0.29, 0.717) is 12.2 Å². The molecule has 2 aromatic rings. The van der Waals surface area contributed by atoms with Gasteiger partial charge in [-0.15, -0.1) is 0 Å². The summed E-state index contributed by atoms with van der Waals surface area (Å²) in [6.45, 7) is 9.91. The summed E-state index contributed by atoms with van der Waals surface area (Å²) in [4.78, 5) is 12.7. The van der Waals surface area contributed by atoms with Crippen LogP contribution in [0.5, 0.6) is 11.5 Å². The number of benzene rings is 2. The summed E-state index contributed by atoms with van der Waals surface area (Å²) in [6.07, 6.45) is 0.142. The Labute approximate surface area is 155 Å². The second-order valence-electron chi connectivity index (χ2n) is 7.74. The van der Waals surface area contributed by atoms with Crippen LogP contribution in [0.15, 0.2) is 42.5 Å². The molecule has 4 nitrogen and oxygen atoms in total. The molecule has 0 spiro atoms. The highest BCUT2D eigenvalue weighted by Crippen LogP contribution is 2.39. The molecular weight excluding hydrogens is 326 g/mol. The number of carbonyl (C=O) groups is 1. The van der Waals surface area contributed by atoms with Gasteiger partial charge in [0.25, 0.3) is 5.91 Å². The van der Waals surface area contributed by atoms with E-state index in [1.807, 2.05) is 70.2 Å². The lowest BCUT2D eigenvalue weighted by Crippen LogP contribution is -2.44. The van der Waals surface area contributed by atoms with Crippen LogP contribution < -0.4 is 14.8 Å². The van der Waals surface area contributed by atoms with Crippen molar-refractivity contribution < 1.29 is 14.3 Å². The molecule has 2 atom stereocenters. The number of amides is 1. The third-order valence-corrected chi connectivity index (χ3v) is 4.61. The Balaban J connectivity index is 1.74. The number of hydrogen-bond donors (Lipinski definition) is 1. The van der Waals surface area contributed by atoms with Crippen molar-refractivity contribution in [3.63, 3.8) is 0 Å². The van der Waals surface area contributed by atoms with E-state index in [1.165, 1.54) is 0 Å². The van der Waals surface area contributed by atoms with Crippen LogP contribution in [0.2, 0.25) is 0 Å². The van der Waals surface area contributed by atoms with Crippen LogP contribution in [-0.2, 0) is 4.79 Å². The van der Waals surface area contributed by atoms with E-state index in [4.69, 9.17) is 9.47 Å². The molecule has 0 aromatic heterocycles. The first-order valence-electron chi connectivity index (χ1n) is 9.07. The number of hydrogen-bond acceptors (Lipinski definition) is 3. The molecular formula is C22H27NO3. The number of rotatable bonds is 4. The molecule has 0 fully saturated rings. The van der Waals surface area contributed by atoms with E-state index in [2.05, 4.69) is 5.32 Å². The zero-order valence-electron chi connectivity index (χ0n) is 16.1. The van der Waals surface area contributed by atoms with Gasteiger partial charge in [-0.3, -0.25) is 4.79 Å². The fourth-order valence-corrected chi connectivity index (χ4v) is 3.32. The molecule has 1 amide bonds. The third-order valence-electron chi connectivity index (χ3n) is 4.61. The van der Waals surface area contributed by atoms with Crippen LogP contribution in [0, 0.1) is 13.8 Å². The SMILES string of the molecule is Cc1cccc(OC(C)C(=O)NC2CC(C)(C)Oc3cc(C)ccc32)c1. The standard InChI is InChI=1S/C22H27NO3/c1-14-7-6-8-17(11-14)25-16(3)21(24)23-19-13-22(4,5)26-20-12-15(2)9-10-18(19)20/h6-12,16,19H,13H2,1-5H3,(H,23,24). The maximum absolute atomic E-state index is 12.7. The molecule has 1 heterocycles. The van der Waals surface area contributed by atoms with Crippen molar-refractivity contribution in [2.75, 3.05) is 0 Å². The average Bonchev–Trinajstić information content (AvgIpc) is 2.53. The lowest BCUT2D eigenvalue weighted by Gasteiger charge is -2.38. The third kappa shape index (κ3) is 4.18. The van der Waals surface area contributed by atoms with Crippen molar-refractivity contribution in [2.24, 2.45) is 0 Å². The molecule has 2 unspecified atom stereocenters. The summed E-state index contributed by atoms with van der Waals surface area (Å²) < 4.78 is 11.9. The molecule has 26 heavy (non-hydrogen) atoms. The first-order valence-corrected chi connectivity index (χ1v) is 9.07. The second-order valence-corrected chi connectivity index (χ2v) is 7.74. The number of ether oxygens (including phenoxy) is 2. The minimum atomic E-state index is -0.573. The van der Waals surface area contributed by atoms with Crippen molar-refractivity contribution in [2.45, 2.75) is 58.8 Å². The Morgan fingerprint density at radius 2 is 1.92 bits per heavy atom. The Morgan fingerprint density at radius 1 is 1.19 bits per heavy atom. The first kappa shape index (κ1) is 18.3. The molecule has 1 aliphatic heterocycles. The van der Waals surface area contributed by atoms with Gasteiger partial charge in [0.2, 0.25) is 0 Å². The van der Waals surface area contributed by atoms with Gasteiger partial charge in [-0.05, 0) is 63.9 Å². The van der Waals surface area contributed by atoms with Crippen molar-refractivity contribution >= 4 is 5.91 Å². The first-order chi connectivity index (χ1) is 12.2. The van der Waals surface area contributed by atoms with E-state index in [-0.39, 0.29) is 17.6 Å². The van der Waals surface area contributed by atoms with Crippen LogP contribution >= 0.6 is 0 Å². The minimum Gasteiger partial charge on any atom is -0.487 e. The van der Waals surface area contributed by atoms with Gasteiger partial charge in [0.15, 0.2) is 6.10 Å². The summed E-state index contributed by atoms with van der Waals surface area (Å²) in [5, 5.41) is 3.14. The number of carbonyl (C=O) groups excluding carboxylic acids is 1. The Kier molecular flexibility index (Phi) is 4.94. The molecule has 4 heteroatoms. The highest BCUT2D eigenvalue weighted by Gasteiger charge is 2.35. The van der Waals surface area contributed by atoms with Crippen LogP contribution in [0.3, 0.4) is 0 Å². The van der Waals surface area contributed by atoms with Crippen LogP contribution in [0.1, 0.15) is 49.9 Å². The molecule has 138 valence electrons. The maximum atomic E-state index is 12.7. The Bertz CT molecular complexity index is 813. The summed E-state index contributed by atoms with van der Waals surface area (Å²) in [6, 6.07) is 13.7. The summed E-state index contributed by atoms with van der Waals surface area (Å²) in [5.74, 6) is 1.43. The van der Waals surface area contributed by atoms with Gasteiger partial charge in [-0.1, -0.05) is 24.3 Å². The normalized spacial score (nSPS) is 19.0. The quantitative estimate of drug-likeness (QED) is 0.881. The predicted molar refractivity (Wildman–Crippen MR) is 103 cm³/mol. The monoisotopic (exact) mass is 353 g/mol. The van der Waals surface area contributed by atoms with Gasteiger partial charge in [0.1, 0.15) is 17.1 Å². The lowest BCUT2D eigenvalue weighted by atomic mass is 9.89.